The zero-order valence-electron chi connectivity index (χ0n) is 23.6. The molecule has 3 aromatic carbocycles. The number of ether oxygens (including phenoxy) is 3. The summed E-state index contributed by atoms with van der Waals surface area (Å²) in [5.74, 6) is 0.493. The normalized spacial score (nSPS) is 14.5. The minimum atomic E-state index is -4.12. The van der Waals surface area contributed by atoms with Gasteiger partial charge in [-0.05, 0) is 55.9 Å². The molecule has 1 aromatic heterocycles. The second-order valence-electron chi connectivity index (χ2n) is 10.1. The molecule has 4 aromatic rings. The zero-order valence-corrected chi connectivity index (χ0v) is 26.0. The first kappa shape index (κ1) is 31.1. The van der Waals surface area contributed by atoms with Gasteiger partial charge < -0.3 is 24.0 Å². The molecule has 1 fully saturated rings. The number of pyridine rings is 1. The molecule has 0 aliphatic carbocycles. The molecule has 0 radical (unpaired) electrons. The Kier molecular flexibility index (Phi) is 9.78. The van der Waals surface area contributed by atoms with E-state index in [-0.39, 0.29) is 26.4 Å². The molecule has 228 valence electrons. The van der Waals surface area contributed by atoms with Gasteiger partial charge in [0.2, 0.25) is 0 Å². The van der Waals surface area contributed by atoms with Crippen molar-refractivity contribution in [3.8, 4) is 23.0 Å². The van der Waals surface area contributed by atoms with Gasteiger partial charge in [-0.2, -0.15) is 0 Å². The molecule has 0 bridgehead atoms. The highest BCUT2D eigenvalue weighted by atomic mass is 35.5. The summed E-state index contributed by atoms with van der Waals surface area (Å²) in [4.78, 5) is 8.96. The van der Waals surface area contributed by atoms with Crippen molar-refractivity contribution in [2.75, 3.05) is 58.2 Å². The average Bonchev–Trinajstić information content (AvgIpc) is 2.98. The van der Waals surface area contributed by atoms with Crippen LogP contribution in [0.5, 0.6) is 23.0 Å². The lowest BCUT2D eigenvalue weighted by Crippen LogP contribution is -2.44. The maximum Gasteiger partial charge on any atom is 0.263 e. The third kappa shape index (κ3) is 7.60. The predicted molar refractivity (Wildman–Crippen MR) is 166 cm³/mol. The van der Waals surface area contributed by atoms with E-state index in [4.69, 9.17) is 37.4 Å². The molecule has 13 heteroatoms. The molecule has 43 heavy (non-hydrogen) atoms. The maximum atomic E-state index is 15.1. The van der Waals surface area contributed by atoms with Gasteiger partial charge in [0.15, 0.2) is 23.1 Å². The summed E-state index contributed by atoms with van der Waals surface area (Å²) in [5.41, 5.74) is 0.562. The molecule has 2 heterocycles. The Labute approximate surface area is 260 Å². The fraction of sp³-hybridized carbons (Fsp3) is 0.300. The highest BCUT2D eigenvalue weighted by Gasteiger charge is 2.20. The van der Waals surface area contributed by atoms with Crippen LogP contribution in [-0.4, -0.2) is 76.7 Å². The van der Waals surface area contributed by atoms with Crippen molar-refractivity contribution in [2.45, 2.75) is 11.3 Å². The van der Waals surface area contributed by atoms with Crippen molar-refractivity contribution in [3.05, 3.63) is 76.7 Å². The van der Waals surface area contributed by atoms with Crippen LogP contribution in [0.15, 0.2) is 65.7 Å². The number of hydrogen-bond acceptors (Lipinski definition) is 8. The van der Waals surface area contributed by atoms with Crippen LogP contribution in [0.2, 0.25) is 10.0 Å². The Hall–Kier alpha value is -3.35. The quantitative estimate of drug-likeness (QED) is 0.190. The molecule has 1 aliphatic rings. The van der Waals surface area contributed by atoms with Crippen molar-refractivity contribution in [2.24, 2.45) is 0 Å². The van der Waals surface area contributed by atoms with Gasteiger partial charge in [-0.1, -0.05) is 23.2 Å². The van der Waals surface area contributed by atoms with Gasteiger partial charge in [0.25, 0.3) is 10.0 Å². The number of anilines is 1. The maximum absolute atomic E-state index is 15.1. The molecule has 0 atom stereocenters. The Morgan fingerprint density at radius 3 is 2.49 bits per heavy atom. The first-order valence-electron chi connectivity index (χ1n) is 13.6. The molecule has 0 spiro atoms. The van der Waals surface area contributed by atoms with Gasteiger partial charge in [0, 0.05) is 61.5 Å². The van der Waals surface area contributed by atoms with Crippen molar-refractivity contribution in [1.29, 1.82) is 0 Å². The fourth-order valence-electron chi connectivity index (χ4n) is 4.69. The van der Waals surface area contributed by atoms with Crippen LogP contribution in [0.3, 0.4) is 0 Å². The van der Waals surface area contributed by atoms with Crippen molar-refractivity contribution >= 4 is 49.8 Å². The van der Waals surface area contributed by atoms with Gasteiger partial charge in [-0.15, -0.1) is 0 Å². The lowest BCUT2D eigenvalue weighted by Gasteiger charge is -2.32. The Morgan fingerprint density at radius 1 is 0.953 bits per heavy atom. The van der Waals surface area contributed by atoms with Crippen molar-refractivity contribution in [3.63, 3.8) is 0 Å². The molecule has 0 saturated carbocycles. The molecule has 9 nitrogen and oxygen atoms in total. The number of piperazine rings is 1. The number of rotatable bonds is 11. The van der Waals surface area contributed by atoms with Crippen molar-refractivity contribution < 1.29 is 27.0 Å². The number of nitrogens with zero attached hydrogens (tertiary/aromatic N) is 3. The number of fused-ring (bicyclic) bond motifs is 1. The second kappa shape index (κ2) is 13.5. The van der Waals surface area contributed by atoms with Crippen LogP contribution in [-0.2, 0) is 10.0 Å². The van der Waals surface area contributed by atoms with E-state index in [2.05, 4.69) is 26.6 Å². The number of likely N-dealkylation sites (N-methyl/N-ethyl adjacent to an activating group) is 1. The molecule has 1 N–H and O–H groups in total. The number of nitrogens with one attached hydrogen (secondary N) is 1. The van der Waals surface area contributed by atoms with Gasteiger partial charge in [-0.3, -0.25) is 9.71 Å². The van der Waals surface area contributed by atoms with E-state index in [0.29, 0.717) is 34.8 Å². The standard InChI is InChI=1S/C30H31Cl2FN4O5S/c1-36-11-13-37(14-12-36)10-3-15-41-29-19-25-22(18-28(29)40-2)26(8-9-34-25)42-27-7-5-21(17-24(27)33)35-43(38,39)30-16-20(31)4-6-23(30)32/h4-9,16-19,35H,3,10-15H2,1-2H3. The summed E-state index contributed by atoms with van der Waals surface area (Å²) in [6.45, 7) is 5.73. The van der Waals surface area contributed by atoms with Crippen molar-refractivity contribution in [1.82, 2.24) is 14.8 Å². The van der Waals surface area contributed by atoms with Crippen LogP contribution in [0.4, 0.5) is 10.1 Å². The fourth-order valence-corrected chi connectivity index (χ4v) is 6.50. The molecular formula is C30H31Cl2FN4O5S. The molecular weight excluding hydrogens is 618 g/mol. The molecule has 5 rings (SSSR count). The van der Waals surface area contributed by atoms with E-state index >= 15 is 4.39 Å². The highest BCUT2D eigenvalue weighted by Crippen LogP contribution is 2.38. The number of aromatic nitrogens is 1. The van der Waals surface area contributed by atoms with E-state index in [1.165, 1.54) is 30.3 Å². The first-order chi connectivity index (χ1) is 20.6. The minimum Gasteiger partial charge on any atom is -0.493 e. The summed E-state index contributed by atoms with van der Waals surface area (Å²) in [5, 5.41) is 0.765. The van der Waals surface area contributed by atoms with Gasteiger partial charge in [0.05, 0.1) is 29.9 Å². The van der Waals surface area contributed by atoms with Crippen LogP contribution in [0, 0.1) is 5.82 Å². The number of sulfonamides is 1. The predicted octanol–water partition coefficient (Wildman–Crippen LogP) is 6.30. The molecule has 0 amide bonds. The van der Waals surface area contributed by atoms with Gasteiger partial charge in [-0.25, -0.2) is 12.8 Å². The van der Waals surface area contributed by atoms with E-state index in [1.54, 1.807) is 31.5 Å². The SMILES string of the molecule is COc1cc2c(Oc3ccc(NS(=O)(=O)c4cc(Cl)ccc4Cl)cc3F)ccnc2cc1OCCCN1CCN(C)CC1. The first-order valence-corrected chi connectivity index (χ1v) is 15.8. The van der Waals surface area contributed by atoms with Gasteiger partial charge in [0.1, 0.15) is 10.6 Å². The second-order valence-corrected chi connectivity index (χ2v) is 12.6. The molecule has 0 unspecified atom stereocenters. The molecule has 1 saturated heterocycles. The van der Waals surface area contributed by atoms with Crippen LogP contribution in [0.1, 0.15) is 6.42 Å². The van der Waals surface area contributed by atoms with Crippen LogP contribution in [0.25, 0.3) is 10.9 Å². The summed E-state index contributed by atoms with van der Waals surface area (Å²) in [6, 6.07) is 12.9. The Bertz CT molecular complexity index is 1720. The number of methoxy groups -OCH3 is 1. The lowest BCUT2D eigenvalue weighted by molar-refractivity contribution is 0.145. The largest absolute Gasteiger partial charge is 0.493 e. The summed E-state index contributed by atoms with van der Waals surface area (Å²) < 4.78 is 60.6. The summed E-state index contributed by atoms with van der Waals surface area (Å²) in [6.07, 6.45) is 2.43. The lowest BCUT2D eigenvalue weighted by atomic mass is 10.1. The highest BCUT2D eigenvalue weighted by molar-refractivity contribution is 7.92. The van der Waals surface area contributed by atoms with E-state index in [1.807, 2.05) is 0 Å². The number of benzene rings is 3. The Balaban J connectivity index is 1.28. The number of hydrogen-bond donors (Lipinski definition) is 1. The zero-order chi connectivity index (χ0) is 30.6. The summed E-state index contributed by atoms with van der Waals surface area (Å²) in [7, 11) is -0.441. The smallest absolute Gasteiger partial charge is 0.263 e. The third-order valence-electron chi connectivity index (χ3n) is 7.05. The summed E-state index contributed by atoms with van der Waals surface area (Å²) >= 11 is 12.0. The molecule has 1 aliphatic heterocycles. The van der Waals surface area contributed by atoms with Gasteiger partial charge >= 0.3 is 0 Å². The Morgan fingerprint density at radius 2 is 1.74 bits per heavy atom. The third-order valence-corrected chi connectivity index (χ3v) is 9.14. The van der Waals surface area contributed by atoms with Crippen LogP contribution < -0.4 is 18.9 Å². The van der Waals surface area contributed by atoms with E-state index < -0.39 is 15.8 Å². The topological polar surface area (TPSA) is 93.2 Å². The van der Waals surface area contributed by atoms with Crippen LogP contribution >= 0.6 is 23.2 Å². The van der Waals surface area contributed by atoms with E-state index in [0.717, 1.165) is 45.2 Å². The minimum absolute atomic E-state index is 0.0171. The number of halogens is 3. The van der Waals surface area contributed by atoms with E-state index in [9.17, 15) is 8.42 Å². The monoisotopic (exact) mass is 648 g/mol. The average molecular weight is 650 g/mol.